The standard InChI is InChI=1S/C22H34N2/c1-17-5-6-18(2)24(17)16-20-13-22(14-20)21-9-7-19(8-10-21)15-23-11-3-4-12-23/h7-10,17-18,20,22H,3-6,11-16H2,1-2H3/t17-,18-,20?,22?/m1/s1. The summed E-state index contributed by atoms with van der Waals surface area (Å²) >= 11 is 0. The minimum absolute atomic E-state index is 0.809. The van der Waals surface area contributed by atoms with Crippen LogP contribution in [0.15, 0.2) is 24.3 Å². The predicted octanol–water partition coefficient (Wildman–Crippen LogP) is 4.65. The zero-order valence-corrected chi connectivity index (χ0v) is 15.6. The Labute approximate surface area is 148 Å². The van der Waals surface area contributed by atoms with Gasteiger partial charge in [-0.3, -0.25) is 9.80 Å². The second kappa shape index (κ2) is 7.17. The first-order valence-electron chi connectivity index (χ1n) is 10.3. The molecule has 1 aromatic rings. The summed E-state index contributed by atoms with van der Waals surface area (Å²) in [6, 6.07) is 11.2. The van der Waals surface area contributed by atoms with Gasteiger partial charge >= 0.3 is 0 Å². The monoisotopic (exact) mass is 326 g/mol. The van der Waals surface area contributed by atoms with Crippen LogP contribution in [-0.2, 0) is 6.54 Å². The van der Waals surface area contributed by atoms with Crippen LogP contribution in [-0.4, -0.2) is 41.5 Å². The van der Waals surface area contributed by atoms with E-state index in [1.165, 1.54) is 63.7 Å². The highest BCUT2D eigenvalue weighted by Gasteiger charge is 2.35. The lowest BCUT2D eigenvalue weighted by molar-refractivity contribution is 0.127. The topological polar surface area (TPSA) is 6.48 Å². The minimum Gasteiger partial charge on any atom is -0.299 e. The predicted molar refractivity (Wildman–Crippen MR) is 101 cm³/mol. The summed E-state index contributed by atoms with van der Waals surface area (Å²) in [5.74, 6) is 1.76. The molecule has 3 fully saturated rings. The van der Waals surface area contributed by atoms with Crippen LogP contribution in [0.2, 0.25) is 0 Å². The first kappa shape index (κ1) is 16.6. The summed E-state index contributed by atoms with van der Waals surface area (Å²) in [5.41, 5.74) is 3.08. The van der Waals surface area contributed by atoms with Crippen molar-refractivity contribution in [3.05, 3.63) is 35.4 Å². The molecule has 0 radical (unpaired) electrons. The van der Waals surface area contributed by atoms with Crippen molar-refractivity contribution in [3.63, 3.8) is 0 Å². The molecule has 1 aliphatic carbocycles. The van der Waals surface area contributed by atoms with Crippen molar-refractivity contribution < 1.29 is 0 Å². The lowest BCUT2D eigenvalue weighted by Gasteiger charge is -2.40. The summed E-state index contributed by atoms with van der Waals surface area (Å²) in [6.45, 7) is 9.90. The third-order valence-electron chi connectivity index (χ3n) is 6.90. The van der Waals surface area contributed by atoms with Gasteiger partial charge in [-0.1, -0.05) is 24.3 Å². The maximum Gasteiger partial charge on any atom is 0.0233 e. The Bertz CT molecular complexity index is 515. The normalized spacial score (nSPS) is 34.6. The average Bonchev–Trinajstić information content (AvgIpc) is 3.15. The molecule has 132 valence electrons. The maximum absolute atomic E-state index is 2.76. The molecule has 0 bridgehead atoms. The average molecular weight is 327 g/mol. The summed E-state index contributed by atoms with van der Waals surface area (Å²) in [7, 11) is 0. The first-order valence-corrected chi connectivity index (χ1v) is 10.3. The molecule has 2 saturated heterocycles. The van der Waals surface area contributed by atoms with Gasteiger partial charge in [-0.2, -0.15) is 0 Å². The van der Waals surface area contributed by atoms with Gasteiger partial charge in [0.2, 0.25) is 0 Å². The van der Waals surface area contributed by atoms with Crippen molar-refractivity contribution in [1.29, 1.82) is 0 Å². The Morgan fingerprint density at radius 1 is 0.917 bits per heavy atom. The molecule has 2 heterocycles. The van der Waals surface area contributed by atoms with E-state index in [4.69, 9.17) is 0 Å². The quantitative estimate of drug-likeness (QED) is 0.777. The molecule has 1 aromatic carbocycles. The highest BCUT2D eigenvalue weighted by atomic mass is 15.2. The van der Waals surface area contributed by atoms with Gasteiger partial charge in [0.1, 0.15) is 0 Å². The van der Waals surface area contributed by atoms with Gasteiger partial charge in [-0.15, -0.1) is 0 Å². The van der Waals surface area contributed by atoms with Crippen molar-refractivity contribution in [1.82, 2.24) is 9.80 Å². The van der Waals surface area contributed by atoms with E-state index in [9.17, 15) is 0 Å². The van der Waals surface area contributed by atoms with E-state index < -0.39 is 0 Å². The molecule has 0 N–H and O–H groups in total. The number of rotatable bonds is 5. The number of likely N-dealkylation sites (tertiary alicyclic amines) is 2. The summed E-state index contributed by atoms with van der Waals surface area (Å²) in [5, 5.41) is 0. The van der Waals surface area contributed by atoms with E-state index in [0.29, 0.717) is 0 Å². The molecule has 0 aromatic heterocycles. The van der Waals surface area contributed by atoms with E-state index in [1.807, 2.05) is 0 Å². The highest BCUT2D eigenvalue weighted by molar-refractivity contribution is 5.27. The SMILES string of the molecule is C[C@@H]1CC[C@@H](C)N1CC1CC(c2ccc(CN3CCCC3)cc2)C1. The van der Waals surface area contributed by atoms with Crippen LogP contribution < -0.4 is 0 Å². The third kappa shape index (κ3) is 3.55. The number of benzene rings is 1. The van der Waals surface area contributed by atoms with Crippen molar-refractivity contribution in [3.8, 4) is 0 Å². The Hall–Kier alpha value is -0.860. The molecule has 2 atom stereocenters. The highest BCUT2D eigenvalue weighted by Crippen LogP contribution is 2.43. The van der Waals surface area contributed by atoms with Gasteiger partial charge < -0.3 is 0 Å². The van der Waals surface area contributed by atoms with E-state index in [1.54, 1.807) is 5.56 Å². The second-order valence-corrected chi connectivity index (χ2v) is 8.73. The fourth-order valence-electron chi connectivity index (χ4n) is 5.16. The van der Waals surface area contributed by atoms with Gasteiger partial charge in [-0.05, 0) is 88.4 Å². The van der Waals surface area contributed by atoms with Crippen LogP contribution in [0.5, 0.6) is 0 Å². The van der Waals surface area contributed by atoms with Crippen LogP contribution >= 0.6 is 0 Å². The first-order chi connectivity index (χ1) is 11.7. The molecular formula is C22H34N2. The van der Waals surface area contributed by atoms with Gasteiger partial charge in [0, 0.05) is 25.2 Å². The van der Waals surface area contributed by atoms with Crippen LogP contribution in [0, 0.1) is 5.92 Å². The molecule has 4 rings (SSSR count). The smallest absolute Gasteiger partial charge is 0.0233 e. The Balaban J connectivity index is 1.26. The van der Waals surface area contributed by atoms with E-state index in [-0.39, 0.29) is 0 Å². The molecule has 24 heavy (non-hydrogen) atoms. The molecule has 2 heteroatoms. The van der Waals surface area contributed by atoms with Crippen LogP contribution in [0.1, 0.15) is 69.4 Å². The Kier molecular flexibility index (Phi) is 4.96. The number of nitrogens with zero attached hydrogens (tertiary/aromatic N) is 2. The van der Waals surface area contributed by atoms with E-state index in [2.05, 4.69) is 47.9 Å². The van der Waals surface area contributed by atoms with Gasteiger partial charge in [0.25, 0.3) is 0 Å². The van der Waals surface area contributed by atoms with Crippen molar-refractivity contribution >= 4 is 0 Å². The molecule has 2 aliphatic heterocycles. The third-order valence-corrected chi connectivity index (χ3v) is 6.90. The molecule has 2 nitrogen and oxygen atoms in total. The van der Waals surface area contributed by atoms with Crippen molar-refractivity contribution in [2.45, 2.75) is 76.9 Å². The van der Waals surface area contributed by atoms with E-state index >= 15 is 0 Å². The second-order valence-electron chi connectivity index (χ2n) is 8.73. The summed E-state index contributed by atoms with van der Waals surface area (Å²) in [6.07, 6.45) is 8.38. The number of hydrogen-bond acceptors (Lipinski definition) is 2. The van der Waals surface area contributed by atoms with Gasteiger partial charge in [-0.25, -0.2) is 0 Å². The summed E-state index contributed by atoms with van der Waals surface area (Å²) < 4.78 is 0. The van der Waals surface area contributed by atoms with E-state index in [0.717, 1.165) is 30.5 Å². The zero-order valence-electron chi connectivity index (χ0n) is 15.6. The molecule has 0 unspecified atom stereocenters. The largest absolute Gasteiger partial charge is 0.299 e. The van der Waals surface area contributed by atoms with Crippen LogP contribution in [0.25, 0.3) is 0 Å². The van der Waals surface area contributed by atoms with Crippen LogP contribution in [0.4, 0.5) is 0 Å². The minimum atomic E-state index is 0.809. The summed E-state index contributed by atoms with van der Waals surface area (Å²) in [4.78, 5) is 5.35. The van der Waals surface area contributed by atoms with Gasteiger partial charge in [0.05, 0.1) is 0 Å². The van der Waals surface area contributed by atoms with Crippen molar-refractivity contribution in [2.24, 2.45) is 5.92 Å². The fourth-order valence-corrected chi connectivity index (χ4v) is 5.16. The molecule has 1 saturated carbocycles. The maximum atomic E-state index is 2.76. The van der Waals surface area contributed by atoms with Crippen LogP contribution in [0.3, 0.4) is 0 Å². The lowest BCUT2D eigenvalue weighted by atomic mass is 9.71. The van der Waals surface area contributed by atoms with Crippen molar-refractivity contribution in [2.75, 3.05) is 19.6 Å². The fraction of sp³-hybridized carbons (Fsp3) is 0.727. The lowest BCUT2D eigenvalue weighted by Crippen LogP contribution is -2.40. The molecule has 0 amide bonds. The van der Waals surface area contributed by atoms with Gasteiger partial charge in [0.15, 0.2) is 0 Å². The molecule has 3 aliphatic rings. The number of hydrogen-bond donors (Lipinski definition) is 0. The Morgan fingerprint density at radius 2 is 1.54 bits per heavy atom. The molecule has 0 spiro atoms. The Morgan fingerprint density at radius 3 is 2.17 bits per heavy atom. The molecular weight excluding hydrogens is 292 g/mol. The zero-order chi connectivity index (χ0) is 16.5.